The van der Waals surface area contributed by atoms with Crippen LogP contribution in [0.15, 0.2) is 0 Å². The van der Waals surface area contributed by atoms with Crippen LogP contribution in [-0.4, -0.2) is 21.9 Å². The van der Waals surface area contributed by atoms with Crippen molar-refractivity contribution in [2.24, 2.45) is 11.7 Å². The minimum absolute atomic E-state index is 0.0459. The fourth-order valence-corrected chi connectivity index (χ4v) is 3.19. The lowest BCUT2D eigenvalue weighted by atomic mass is 9.97. The van der Waals surface area contributed by atoms with Crippen molar-refractivity contribution in [1.82, 2.24) is 0 Å². The van der Waals surface area contributed by atoms with Gasteiger partial charge in [0.25, 0.3) is 0 Å². The van der Waals surface area contributed by atoms with E-state index >= 15 is 0 Å². The first-order valence-corrected chi connectivity index (χ1v) is 10.2. The Kier molecular flexibility index (Phi) is 14.3. The molecule has 4 nitrogen and oxygen atoms in total. The Morgan fingerprint density at radius 3 is 1.75 bits per heavy atom. The fourth-order valence-electron chi connectivity index (χ4n) is 3.19. The summed E-state index contributed by atoms with van der Waals surface area (Å²) in [5, 5.41) is 19.8. The zero-order valence-corrected chi connectivity index (χ0v) is 16.1. The number of amides is 1. The van der Waals surface area contributed by atoms with E-state index in [1.807, 2.05) is 6.92 Å². The van der Waals surface area contributed by atoms with Crippen LogP contribution in [0.5, 0.6) is 0 Å². The van der Waals surface area contributed by atoms with E-state index in [2.05, 4.69) is 6.92 Å². The lowest BCUT2D eigenvalue weighted by Crippen LogP contribution is -2.27. The first kappa shape index (κ1) is 23.4. The predicted octanol–water partition coefficient (Wildman–Crippen LogP) is 4.66. The highest BCUT2D eigenvalue weighted by molar-refractivity contribution is 5.76. The maximum absolute atomic E-state index is 11.1. The molecule has 24 heavy (non-hydrogen) atoms. The van der Waals surface area contributed by atoms with E-state index in [-0.39, 0.29) is 11.8 Å². The molecule has 0 saturated carbocycles. The van der Waals surface area contributed by atoms with E-state index in [9.17, 15) is 15.0 Å². The zero-order chi connectivity index (χ0) is 18.3. The molecule has 0 spiro atoms. The van der Waals surface area contributed by atoms with Gasteiger partial charge in [0.05, 0.1) is 0 Å². The minimum atomic E-state index is -1.46. The van der Waals surface area contributed by atoms with Crippen LogP contribution in [0.3, 0.4) is 0 Å². The van der Waals surface area contributed by atoms with Gasteiger partial charge in [-0.15, -0.1) is 0 Å². The highest BCUT2D eigenvalue weighted by Gasteiger charge is 2.21. The molecule has 0 rings (SSSR count). The van der Waals surface area contributed by atoms with Crippen molar-refractivity contribution < 1.29 is 15.0 Å². The van der Waals surface area contributed by atoms with Crippen LogP contribution in [0.25, 0.3) is 0 Å². The van der Waals surface area contributed by atoms with E-state index < -0.39 is 5.79 Å². The molecule has 0 aliphatic carbocycles. The SMILES string of the molecule is CCCCCCC(O)(O)CCCCCCCCCC(CC)C(N)=O. The highest BCUT2D eigenvalue weighted by Crippen LogP contribution is 2.21. The molecule has 0 aromatic carbocycles. The molecule has 0 saturated heterocycles. The number of hydrogen-bond donors (Lipinski definition) is 3. The second-order valence-corrected chi connectivity index (χ2v) is 7.31. The van der Waals surface area contributed by atoms with E-state index in [4.69, 9.17) is 5.73 Å². The third kappa shape index (κ3) is 13.8. The molecule has 0 aromatic rings. The summed E-state index contributed by atoms with van der Waals surface area (Å²) in [6.07, 6.45) is 14.8. The molecule has 0 heterocycles. The highest BCUT2D eigenvalue weighted by atomic mass is 16.5. The van der Waals surface area contributed by atoms with E-state index in [1.54, 1.807) is 0 Å². The molecular formula is C20H41NO3. The molecule has 0 bridgehead atoms. The first-order valence-electron chi connectivity index (χ1n) is 10.2. The molecule has 0 fully saturated rings. The Morgan fingerprint density at radius 2 is 1.29 bits per heavy atom. The topological polar surface area (TPSA) is 83.6 Å². The van der Waals surface area contributed by atoms with Gasteiger partial charge >= 0.3 is 0 Å². The van der Waals surface area contributed by atoms with Crippen molar-refractivity contribution in [3.8, 4) is 0 Å². The summed E-state index contributed by atoms with van der Waals surface area (Å²) < 4.78 is 0. The molecule has 0 aliphatic rings. The molecule has 144 valence electrons. The third-order valence-corrected chi connectivity index (χ3v) is 4.96. The van der Waals surface area contributed by atoms with Crippen LogP contribution in [0.4, 0.5) is 0 Å². The summed E-state index contributed by atoms with van der Waals surface area (Å²) in [5.74, 6) is -1.58. The van der Waals surface area contributed by atoms with E-state index in [0.29, 0.717) is 12.8 Å². The number of aliphatic hydroxyl groups is 2. The van der Waals surface area contributed by atoms with Gasteiger partial charge in [-0.05, 0) is 25.7 Å². The number of primary amides is 1. The smallest absolute Gasteiger partial charge is 0.220 e. The Labute approximate surface area is 149 Å². The maximum atomic E-state index is 11.1. The number of carbonyl (C=O) groups is 1. The summed E-state index contributed by atoms with van der Waals surface area (Å²) in [4.78, 5) is 11.1. The van der Waals surface area contributed by atoms with Crippen molar-refractivity contribution in [2.45, 2.75) is 116 Å². The Hall–Kier alpha value is -0.610. The van der Waals surface area contributed by atoms with Gasteiger partial charge in [-0.3, -0.25) is 4.79 Å². The minimum Gasteiger partial charge on any atom is -0.369 e. The predicted molar refractivity (Wildman–Crippen MR) is 100 cm³/mol. The number of nitrogens with two attached hydrogens (primary N) is 1. The molecule has 1 atom stereocenters. The zero-order valence-electron chi connectivity index (χ0n) is 16.1. The van der Waals surface area contributed by atoms with Crippen LogP contribution in [-0.2, 0) is 4.79 Å². The molecule has 0 radical (unpaired) electrons. The molecule has 1 amide bonds. The standard InChI is InChI=1S/C20H41NO3/c1-3-5-6-13-16-20(23,24)17-14-11-9-7-8-10-12-15-18(4-2)19(21)22/h18,23-24H,3-17H2,1-2H3,(H2,21,22). The summed E-state index contributed by atoms with van der Waals surface area (Å²) in [6, 6.07) is 0. The van der Waals surface area contributed by atoms with Gasteiger partial charge in [-0.2, -0.15) is 0 Å². The van der Waals surface area contributed by atoms with Crippen molar-refractivity contribution in [1.29, 1.82) is 0 Å². The second kappa shape index (κ2) is 14.7. The lowest BCUT2D eigenvalue weighted by molar-refractivity contribution is -0.172. The summed E-state index contributed by atoms with van der Waals surface area (Å²) in [6.45, 7) is 4.17. The molecule has 4 N–H and O–H groups in total. The fraction of sp³-hybridized carbons (Fsp3) is 0.950. The molecular weight excluding hydrogens is 302 g/mol. The van der Waals surface area contributed by atoms with Crippen LogP contribution < -0.4 is 5.73 Å². The second-order valence-electron chi connectivity index (χ2n) is 7.31. The lowest BCUT2D eigenvalue weighted by Gasteiger charge is -2.21. The average Bonchev–Trinajstić information content (AvgIpc) is 2.53. The van der Waals surface area contributed by atoms with Crippen molar-refractivity contribution in [2.75, 3.05) is 0 Å². The maximum Gasteiger partial charge on any atom is 0.220 e. The third-order valence-electron chi connectivity index (χ3n) is 4.96. The summed E-state index contributed by atoms with van der Waals surface area (Å²) in [7, 11) is 0. The van der Waals surface area contributed by atoms with Crippen LogP contribution in [0.1, 0.15) is 110 Å². The van der Waals surface area contributed by atoms with Gasteiger partial charge in [0.1, 0.15) is 0 Å². The van der Waals surface area contributed by atoms with Crippen molar-refractivity contribution >= 4 is 5.91 Å². The van der Waals surface area contributed by atoms with Gasteiger partial charge in [-0.25, -0.2) is 0 Å². The van der Waals surface area contributed by atoms with Crippen LogP contribution >= 0.6 is 0 Å². The number of hydrogen-bond acceptors (Lipinski definition) is 3. The van der Waals surface area contributed by atoms with Crippen LogP contribution in [0.2, 0.25) is 0 Å². The van der Waals surface area contributed by atoms with Crippen LogP contribution in [0, 0.1) is 5.92 Å². The van der Waals surface area contributed by atoms with Gasteiger partial charge < -0.3 is 15.9 Å². The van der Waals surface area contributed by atoms with Gasteiger partial charge in [0, 0.05) is 18.8 Å². The summed E-state index contributed by atoms with van der Waals surface area (Å²) >= 11 is 0. The van der Waals surface area contributed by atoms with Crippen molar-refractivity contribution in [3.05, 3.63) is 0 Å². The molecule has 1 unspecified atom stereocenters. The number of carbonyl (C=O) groups excluding carboxylic acids is 1. The number of unbranched alkanes of at least 4 members (excludes halogenated alkanes) is 9. The van der Waals surface area contributed by atoms with Crippen molar-refractivity contribution in [3.63, 3.8) is 0 Å². The summed E-state index contributed by atoms with van der Waals surface area (Å²) in [5.41, 5.74) is 5.34. The molecule has 4 heteroatoms. The van der Waals surface area contributed by atoms with Gasteiger partial charge in [0.15, 0.2) is 5.79 Å². The molecule has 0 aromatic heterocycles. The van der Waals surface area contributed by atoms with E-state index in [1.165, 1.54) is 25.7 Å². The van der Waals surface area contributed by atoms with E-state index in [0.717, 1.165) is 57.8 Å². The largest absolute Gasteiger partial charge is 0.369 e. The Bertz CT molecular complexity index is 305. The Balaban J connectivity index is 3.45. The Morgan fingerprint density at radius 1 is 0.833 bits per heavy atom. The molecule has 0 aliphatic heterocycles. The number of rotatable bonds is 17. The van der Waals surface area contributed by atoms with Gasteiger partial charge in [0.2, 0.25) is 5.91 Å². The van der Waals surface area contributed by atoms with Gasteiger partial charge in [-0.1, -0.05) is 71.6 Å². The first-order chi connectivity index (χ1) is 11.4. The average molecular weight is 344 g/mol. The quantitative estimate of drug-likeness (QED) is 0.265. The monoisotopic (exact) mass is 343 g/mol. The normalized spacial score (nSPS) is 13.2.